The minimum absolute atomic E-state index is 0.825. The van der Waals surface area contributed by atoms with E-state index in [0.717, 1.165) is 20.8 Å². The first-order chi connectivity index (χ1) is 9.50. The van der Waals surface area contributed by atoms with Crippen molar-refractivity contribution in [1.29, 1.82) is 0 Å². The van der Waals surface area contributed by atoms with Crippen molar-refractivity contribution in [1.82, 2.24) is 0 Å². The molecule has 0 radical (unpaired) electrons. The van der Waals surface area contributed by atoms with Crippen LogP contribution in [0, 0.1) is 0 Å². The quantitative estimate of drug-likeness (QED) is 0.417. The zero-order valence-corrected chi connectivity index (χ0v) is 12.4. The topological polar surface area (TPSA) is 133 Å². The third-order valence-electron chi connectivity index (χ3n) is 3.76. The molecule has 0 amide bonds. The minimum atomic E-state index is -3.13. The lowest BCUT2D eigenvalue weighted by molar-refractivity contribution is -0.293. The summed E-state index contributed by atoms with van der Waals surface area (Å²) in [6, 6.07) is 0. The SMILES string of the molecule is CC(=O)[C@]1(O)[C@](O)(C(C)=O)COC(N=C=S)[C@@]1(O)C(C)=O. The Kier molecular flexibility index (Phi) is 4.59. The van der Waals surface area contributed by atoms with Gasteiger partial charge in [0.2, 0.25) is 11.2 Å². The maximum absolute atomic E-state index is 11.9. The monoisotopic (exact) mass is 317 g/mol. The second kappa shape index (κ2) is 5.45. The van der Waals surface area contributed by atoms with Gasteiger partial charge in [-0.3, -0.25) is 14.4 Å². The van der Waals surface area contributed by atoms with Gasteiger partial charge in [-0.2, -0.15) is 4.99 Å². The summed E-state index contributed by atoms with van der Waals surface area (Å²) in [4.78, 5) is 38.8. The number of isothiocyanates is 1. The number of ether oxygens (including phenoxy) is 1. The van der Waals surface area contributed by atoms with Gasteiger partial charge in [0.05, 0.1) is 11.8 Å². The number of rotatable bonds is 4. The van der Waals surface area contributed by atoms with Crippen LogP contribution in [0.15, 0.2) is 4.99 Å². The normalized spacial score (nSPS) is 39.2. The van der Waals surface area contributed by atoms with E-state index < -0.39 is 47.0 Å². The zero-order chi connectivity index (χ0) is 16.6. The number of ketones is 3. The van der Waals surface area contributed by atoms with Crippen molar-refractivity contribution in [3.8, 4) is 0 Å². The Labute approximate surface area is 125 Å². The third kappa shape index (κ3) is 2.10. The molecule has 0 aromatic heterocycles. The second-order valence-corrected chi connectivity index (χ2v) is 5.07. The Morgan fingerprint density at radius 2 is 1.67 bits per heavy atom. The van der Waals surface area contributed by atoms with Gasteiger partial charge in [-0.25, -0.2) is 0 Å². The summed E-state index contributed by atoms with van der Waals surface area (Å²) < 4.78 is 4.97. The van der Waals surface area contributed by atoms with Crippen molar-refractivity contribution in [2.75, 3.05) is 6.61 Å². The predicted octanol–water partition coefficient (Wildman–Crippen LogP) is -1.59. The van der Waals surface area contributed by atoms with Gasteiger partial charge in [-0.1, -0.05) is 0 Å². The molecule has 0 aromatic carbocycles. The van der Waals surface area contributed by atoms with E-state index in [-0.39, 0.29) is 0 Å². The molecule has 1 saturated heterocycles. The number of hydrogen-bond acceptors (Lipinski definition) is 9. The fourth-order valence-electron chi connectivity index (χ4n) is 2.44. The number of nitrogens with zero attached hydrogens (tertiary/aromatic N) is 1. The van der Waals surface area contributed by atoms with Gasteiger partial charge >= 0.3 is 0 Å². The van der Waals surface area contributed by atoms with E-state index in [1.807, 2.05) is 5.16 Å². The first-order valence-corrected chi connectivity index (χ1v) is 6.29. The Morgan fingerprint density at radius 1 is 1.14 bits per heavy atom. The van der Waals surface area contributed by atoms with Gasteiger partial charge in [0, 0.05) is 0 Å². The lowest BCUT2D eigenvalue weighted by atomic mass is 9.63. The lowest BCUT2D eigenvalue weighted by Crippen LogP contribution is -2.83. The molecule has 0 saturated carbocycles. The van der Waals surface area contributed by atoms with Crippen LogP contribution in [0.2, 0.25) is 0 Å². The van der Waals surface area contributed by atoms with Crippen LogP contribution >= 0.6 is 12.2 Å². The molecule has 1 rings (SSSR count). The summed E-state index contributed by atoms with van der Waals surface area (Å²) in [5.74, 6) is -3.37. The van der Waals surface area contributed by atoms with E-state index in [1.54, 1.807) is 0 Å². The predicted molar refractivity (Wildman–Crippen MR) is 71.7 cm³/mol. The molecule has 116 valence electrons. The molecule has 0 aliphatic carbocycles. The molecule has 1 unspecified atom stereocenters. The Morgan fingerprint density at radius 3 is 2.00 bits per heavy atom. The Balaban J connectivity index is 3.74. The van der Waals surface area contributed by atoms with Crippen LogP contribution in [-0.2, 0) is 19.1 Å². The minimum Gasteiger partial charge on any atom is -0.376 e. The molecule has 1 aliphatic rings. The smallest absolute Gasteiger partial charge is 0.209 e. The number of carbonyl (C=O) groups is 3. The number of hydrogen-bond donors (Lipinski definition) is 3. The molecule has 0 bridgehead atoms. The van der Waals surface area contributed by atoms with E-state index in [0.29, 0.717) is 0 Å². The van der Waals surface area contributed by atoms with Gasteiger partial charge in [0.25, 0.3) is 0 Å². The van der Waals surface area contributed by atoms with E-state index in [1.165, 1.54) is 0 Å². The number of aliphatic imine (C=N–C) groups is 1. The van der Waals surface area contributed by atoms with Gasteiger partial charge in [-0.05, 0) is 33.0 Å². The van der Waals surface area contributed by atoms with E-state index in [4.69, 9.17) is 4.74 Å². The average Bonchev–Trinajstić information content (AvgIpc) is 2.38. The Bertz CT molecular complexity index is 558. The summed E-state index contributed by atoms with van der Waals surface area (Å²) >= 11 is 4.36. The molecule has 3 N–H and O–H groups in total. The lowest BCUT2D eigenvalue weighted by Gasteiger charge is -2.53. The van der Waals surface area contributed by atoms with Crippen LogP contribution in [-0.4, -0.2) is 67.5 Å². The number of carbonyl (C=O) groups excluding carboxylic acids is 3. The highest BCUT2D eigenvalue weighted by atomic mass is 32.1. The highest BCUT2D eigenvalue weighted by molar-refractivity contribution is 7.78. The molecule has 1 heterocycles. The highest BCUT2D eigenvalue weighted by Crippen LogP contribution is 2.43. The van der Waals surface area contributed by atoms with Crippen LogP contribution in [0.25, 0.3) is 0 Å². The zero-order valence-electron chi connectivity index (χ0n) is 11.6. The number of thiocarbonyl (C=S) groups is 1. The molecule has 0 aromatic rings. The molecular weight excluding hydrogens is 302 g/mol. The van der Waals surface area contributed by atoms with Gasteiger partial charge in [0.1, 0.15) is 0 Å². The molecule has 4 atom stereocenters. The summed E-state index contributed by atoms with van der Waals surface area (Å²) in [5.41, 5.74) is -8.91. The van der Waals surface area contributed by atoms with E-state index in [9.17, 15) is 29.7 Å². The van der Waals surface area contributed by atoms with Crippen molar-refractivity contribution < 1.29 is 34.4 Å². The fourth-order valence-corrected chi connectivity index (χ4v) is 2.54. The third-order valence-corrected chi connectivity index (χ3v) is 3.86. The van der Waals surface area contributed by atoms with Crippen LogP contribution < -0.4 is 0 Å². The summed E-state index contributed by atoms with van der Waals surface area (Å²) in [5, 5.41) is 33.4. The highest BCUT2D eigenvalue weighted by Gasteiger charge is 2.75. The van der Waals surface area contributed by atoms with E-state index in [2.05, 4.69) is 17.2 Å². The first kappa shape index (κ1) is 17.7. The average molecular weight is 317 g/mol. The van der Waals surface area contributed by atoms with Gasteiger partial charge < -0.3 is 20.1 Å². The van der Waals surface area contributed by atoms with E-state index >= 15 is 0 Å². The molecule has 9 heteroatoms. The van der Waals surface area contributed by atoms with Crippen molar-refractivity contribution in [2.24, 2.45) is 4.99 Å². The second-order valence-electron chi connectivity index (χ2n) is 4.89. The van der Waals surface area contributed by atoms with Gasteiger partial charge in [0.15, 0.2) is 29.2 Å². The molecule has 8 nitrogen and oxygen atoms in total. The van der Waals surface area contributed by atoms with Crippen LogP contribution in [0.5, 0.6) is 0 Å². The molecule has 21 heavy (non-hydrogen) atoms. The molecule has 0 spiro atoms. The molecular formula is C12H15NO7S. The number of aliphatic hydroxyl groups is 3. The maximum atomic E-state index is 11.9. The van der Waals surface area contributed by atoms with Crippen molar-refractivity contribution >= 4 is 34.7 Å². The molecule has 1 aliphatic heterocycles. The van der Waals surface area contributed by atoms with Crippen LogP contribution in [0.4, 0.5) is 0 Å². The summed E-state index contributed by atoms with van der Waals surface area (Å²) in [6.07, 6.45) is -1.78. The van der Waals surface area contributed by atoms with Crippen molar-refractivity contribution in [3.05, 3.63) is 0 Å². The first-order valence-electron chi connectivity index (χ1n) is 5.89. The summed E-state index contributed by atoms with van der Waals surface area (Å²) in [7, 11) is 0. The molecule has 1 fully saturated rings. The van der Waals surface area contributed by atoms with Gasteiger partial charge in [-0.15, -0.1) is 0 Å². The largest absolute Gasteiger partial charge is 0.376 e. The standard InChI is InChI=1S/C12H15NO7S/c1-6(14)10(17)4-20-9(13-5-21)11(18,7(2)15)12(10,19)8(3)16/h9,17-19H,4H2,1-3H3/t9?,10-,11+,12+/m1/s1. The maximum Gasteiger partial charge on any atom is 0.209 e. The van der Waals surface area contributed by atoms with Crippen LogP contribution in [0.3, 0.4) is 0 Å². The Hall–Kier alpha value is -1.35. The van der Waals surface area contributed by atoms with Crippen molar-refractivity contribution in [2.45, 2.75) is 43.8 Å². The van der Waals surface area contributed by atoms with Crippen molar-refractivity contribution in [3.63, 3.8) is 0 Å². The number of Topliss-reactive ketones (excluding diaryl/α,β-unsaturated/α-hetero) is 3. The van der Waals surface area contributed by atoms with Crippen LogP contribution in [0.1, 0.15) is 20.8 Å². The summed E-state index contributed by atoms with van der Waals surface area (Å²) in [6.45, 7) is 1.72. The fraction of sp³-hybridized carbons (Fsp3) is 0.667.